The van der Waals surface area contributed by atoms with Crippen LogP contribution >= 0.6 is 0 Å². The van der Waals surface area contributed by atoms with Crippen molar-refractivity contribution in [3.8, 4) is 0 Å². The third kappa shape index (κ3) is 4.26. The van der Waals surface area contributed by atoms with Gasteiger partial charge in [0.2, 0.25) is 5.91 Å². The molecule has 6 nitrogen and oxygen atoms in total. The Morgan fingerprint density at radius 2 is 2.20 bits per heavy atom. The molecule has 1 saturated carbocycles. The molecule has 15 heavy (non-hydrogen) atoms. The van der Waals surface area contributed by atoms with E-state index in [0.717, 1.165) is 19.3 Å². The summed E-state index contributed by atoms with van der Waals surface area (Å²) in [6.45, 7) is -0.523. The normalized spacial score (nSPS) is 25.9. The number of nitrogens with one attached hydrogen (secondary N) is 1. The number of hydroxylamine groups is 1. The summed E-state index contributed by atoms with van der Waals surface area (Å²) in [4.78, 5) is 26.1. The lowest BCUT2D eigenvalue weighted by Crippen LogP contribution is -2.38. The van der Waals surface area contributed by atoms with Gasteiger partial charge in [0.25, 0.3) is 0 Å². The number of aliphatic carboxylic acids is 1. The van der Waals surface area contributed by atoms with Crippen LogP contribution in [0.25, 0.3) is 0 Å². The van der Waals surface area contributed by atoms with Crippen LogP contribution in [0.4, 0.5) is 0 Å². The zero-order chi connectivity index (χ0) is 11.3. The van der Waals surface area contributed by atoms with E-state index in [1.54, 1.807) is 0 Å². The number of carboxylic acid groups (broad SMARTS) is 1. The van der Waals surface area contributed by atoms with Crippen LogP contribution in [0.5, 0.6) is 0 Å². The van der Waals surface area contributed by atoms with Crippen LogP contribution in [-0.2, 0) is 14.4 Å². The Hall–Kier alpha value is -1.14. The molecule has 1 fully saturated rings. The van der Waals surface area contributed by atoms with Crippen molar-refractivity contribution in [3.05, 3.63) is 0 Å². The number of carbonyl (C=O) groups excluding carboxylic acids is 1. The summed E-state index contributed by atoms with van der Waals surface area (Å²) in [5.41, 5.74) is 7.85. The SMILES string of the molecule is NC1CCCC(C(=O)NOCC(=O)O)C1. The van der Waals surface area contributed by atoms with Gasteiger partial charge in [0, 0.05) is 12.0 Å². The summed E-state index contributed by atoms with van der Waals surface area (Å²) in [6, 6.07) is 0.0639. The highest BCUT2D eigenvalue weighted by Crippen LogP contribution is 2.22. The standard InChI is InChI=1S/C9H16N2O4/c10-7-3-1-2-6(4-7)9(14)11-15-5-8(12)13/h6-7H,1-5,10H2,(H,11,14)(H,12,13). The molecule has 0 aliphatic heterocycles. The van der Waals surface area contributed by atoms with Crippen LogP contribution in [0.1, 0.15) is 25.7 Å². The fraction of sp³-hybridized carbons (Fsp3) is 0.778. The van der Waals surface area contributed by atoms with E-state index >= 15 is 0 Å². The monoisotopic (exact) mass is 216 g/mol. The Kier molecular flexibility index (Phi) is 4.51. The van der Waals surface area contributed by atoms with Gasteiger partial charge in [-0.2, -0.15) is 0 Å². The summed E-state index contributed by atoms with van der Waals surface area (Å²) < 4.78 is 0. The average molecular weight is 216 g/mol. The molecule has 1 aliphatic rings. The second-order valence-corrected chi connectivity index (χ2v) is 3.77. The van der Waals surface area contributed by atoms with Crippen molar-refractivity contribution >= 4 is 11.9 Å². The van der Waals surface area contributed by atoms with Gasteiger partial charge in [0.1, 0.15) is 0 Å². The maximum Gasteiger partial charge on any atom is 0.332 e. The fourth-order valence-electron chi connectivity index (χ4n) is 1.72. The van der Waals surface area contributed by atoms with Crippen LogP contribution in [0.3, 0.4) is 0 Å². The largest absolute Gasteiger partial charge is 0.479 e. The molecule has 0 aromatic heterocycles. The molecule has 0 aromatic carbocycles. The first-order chi connectivity index (χ1) is 7.09. The molecule has 0 saturated heterocycles. The quantitative estimate of drug-likeness (QED) is 0.557. The molecule has 0 bridgehead atoms. The third-order valence-corrected chi connectivity index (χ3v) is 2.45. The molecule has 4 N–H and O–H groups in total. The molecule has 0 heterocycles. The molecule has 1 rings (SSSR count). The Bertz CT molecular complexity index is 244. The van der Waals surface area contributed by atoms with E-state index < -0.39 is 12.6 Å². The van der Waals surface area contributed by atoms with Gasteiger partial charge < -0.3 is 10.8 Å². The Balaban J connectivity index is 2.24. The molecule has 0 spiro atoms. The molecular formula is C9H16N2O4. The second-order valence-electron chi connectivity index (χ2n) is 3.77. The number of hydrogen-bond donors (Lipinski definition) is 3. The number of nitrogens with two attached hydrogens (primary N) is 1. The Morgan fingerprint density at radius 1 is 1.47 bits per heavy atom. The second kappa shape index (κ2) is 5.67. The molecule has 2 unspecified atom stereocenters. The van der Waals surface area contributed by atoms with Gasteiger partial charge in [-0.05, 0) is 19.3 Å². The number of amides is 1. The van der Waals surface area contributed by atoms with E-state index in [1.165, 1.54) is 0 Å². The number of carboxylic acids is 1. The minimum atomic E-state index is -1.12. The van der Waals surface area contributed by atoms with Crippen molar-refractivity contribution in [1.29, 1.82) is 0 Å². The zero-order valence-electron chi connectivity index (χ0n) is 8.44. The molecule has 0 aromatic rings. The van der Waals surface area contributed by atoms with Gasteiger partial charge in [0.15, 0.2) is 6.61 Å². The van der Waals surface area contributed by atoms with Crippen molar-refractivity contribution in [2.45, 2.75) is 31.7 Å². The summed E-state index contributed by atoms with van der Waals surface area (Å²) in [5.74, 6) is -1.54. The number of carbonyl (C=O) groups is 2. The van der Waals surface area contributed by atoms with E-state index in [0.29, 0.717) is 6.42 Å². The van der Waals surface area contributed by atoms with E-state index in [4.69, 9.17) is 10.8 Å². The summed E-state index contributed by atoms with van der Waals surface area (Å²) >= 11 is 0. The van der Waals surface area contributed by atoms with Crippen molar-refractivity contribution in [1.82, 2.24) is 5.48 Å². The van der Waals surface area contributed by atoms with Crippen molar-refractivity contribution < 1.29 is 19.5 Å². The molecular weight excluding hydrogens is 200 g/mol. The molecule has 6 heteroatoms. The van der Waals surface area contributed by atoms with Gasteiger partial charge in [-0.3, -0.25) is 9.63 Å². The topological polar surface area (TPSA) is 102 Å². The fourth-order valence-corrected chi connectivity index (χ4v) is 1.72. The maximum absolute atomic E-state index is 11.4. The van der Waals surface area contributed by atoms with Gasteiger partial charge in [-0.15, -0.1) is 0 Å². The first-order valence-corrected chi connectivity index (χ1v) is 4.98. The van der Waals surface area contributed by atoms with Crippen molar-refractivity contribution in [2.24, 2.45) is 11.7 Å². The van der Waals surface area contributed by atoms with Crippen LogP contribution in [0.15, 0.2) is 0 Å². The highest BCUT2D eigenvalue weighted by molar-refractivity contribution is 5.78. The minimum absolute atomic E-state index is 0.0639. The highest BCUT2D eigenvalue weighted by Gasteiger charge is 2.25. The first-order valence-electron chi connectivity index (χ1n) is 4.98. The molecule has 0 radical (unpaired) electrons. The number of rotatable bonds is 4. The van der Waals surface area contributed by atoms with Gasteiger partial charge in [-0.25, -0.2) is 10.3 Å². The van der Waals surface area contributed by atoms with E-state index in [-0.39, 0.29) is 17.9 Å². The van der Waals surface area contributed by atoms with Crippen molar-refractivity contribution in [2.75, 3.05) is 6.61 Å². The van der Waals surface area contributed by atoms with Crippen LogP contribution in [0.2, 0.25) is 0 Å². The summed E-state index contributed by atoms with van der Waals surface area (Å²) in [6.07, 6.45) is 3.30. The molecule has 1 aliphatic carbocycles. The zero-order valence-corrected chi connectivity index (χ0v) is 8.44. The maximum atomic E-state index is 11.4. The van der Waals surface area contributed by atoms with E-state index in [1.807, 2.05) is 0 Å². The van der Waals surface area contributed by atoms with Crippen LogP contribution < -0.4 is 11.2 Å². The summed E-state index contributed by atoms with van der Waals surface area (Å²) in [7, 11) is 0. The van der Waals surface area contributed by atoms with Gasteiger partial charge in [-0.1, -0.05) is 6.42 Å². The van der Waals surface area contributed by atoms with Gasteiger partial charge in [0.05, 0.1) is 0 Å². The van der Waals surface area contributed by atoms with Crippen LogP contribution in [0, 0.1) is 5.92 Å². The third-order valence-electron chi connectivity index (χ3n) is 2.45. The lowest BCUT2D eigenvalue weighted by molar-refractivity contribution is -0.151. The lowest BCUT2D eigenvalue weighted by Gasteiger charge is -2.25. The summed E-state index contributed by atoms with van der Waals surface area (Å²) in [5, 5.41) is 8.28. The highest BCUT2D eigenvalue weighted by atomic mass is 16.7. The van der Waals surface area contributed by atoms with E-state index in [9.17, 15) is 9.59 Å². The van der Waals surface area contributed by atoms with E-state index in [2.05, 4.69) is 10.3 Å². The first kappa shape index (κ1) is 11.9. The lowest BCUT2D eigenvalue weighted by atomic mass is 9.86. The van der Waals surface area contributed by atoms with Gasteiger partial charge >= 0.3 is 5.97 Å². The van der Waals surface area contributed by atoms with Crippen LogP contribution in [-0.4, -0.2) is 29.6 Å². The van der Waals surface area contributed by atoms with Crippen molar-refractivity contribution in [3.63, 3.8) is 0 Å². The Morgan fingerprint density at radius 3 is 2.80 bits per heavy atom. The Labute approximate surface area is 87.7 Å². The smallest absolute Gasteiger partial charge is 0.332 e. The molecule has 2 atom stereocenters. The predicted octanol–water partition coefficient (Wildman–Crippen LogP) is -0.364. The number of hydrogen-bond acceptors (Lipinski definition) is 4. The molecule has 1 amide bonds. The molecule has 86 valence electrons. The predicted molar refractivity (Wildman–Crippen MR) is 51.7 cm³/mol. The average Bonchev–Trinajstić information content (AvgIpc) is 2.17. The minimum Gasteiger partial charge on any atom is -0.479 e.